The van der Waals surface area contributed by atoms with Crippen LogP contribution in [-0.4, -0.2) is 39.5 Å². The summed E-state index contributed by atoms with van der Waals surface area (Å²) in [5.41, 5.74) is 0.757. The van der Waals surface area contributed by atoms with Crippen molar-refractivity contribution in [2.75, 3.05) is 13.1 Å². The van der Waals surface area contributed by atoms with Gasteiger partial charge in [0.2, 0.25) is 5.91 Å². The summed E-state index contributed by atoms with van der Waals surface area (Å²) in [4.78, 5) is 35.6. The van der Waals surface area contributed by atoms with Gasteiger partial charge in [-0.15, -0.1) is 0 Å². The van der Waals surface area contributed by atoms with E-state index in [2.05, 4.69) is 0 Å². The van der Waals surface area contributed by atoms with Crippen LogP contribution in [0.25, 0.3) is 0 Å². The van der Waals surface area contributed by atoms with E-state index in [-0.39, 0.29) is 23.9 Å². The van der Waals surface area contributed by atoms with E-state index in [0.29, 0.717) is 13.0 Å². The Morgan fingerprint density at radius 3 is 2.78 bits per heavy atom. The van der Waals surface area contributed by atoms with Crippen molar-refractivity contribution in [3.8, 4) is 0 Å². The molecule has 2 heterocycles. The van der Waals surface area contributed by atoms with Crippen LogP contribution in [0.5, 0.6) is 0 Å². The second-order valence-corrected chi connectivity index (χ2v) is 5.21. The van der Waals surface area contributed by atoms with Gasteiger partial charge >= 0.3 is 10.8 Å². The summed E-state index contributed by atoms with van der Waals surface area (Å²) < 4.78 is 1.42. The number of carbonyl (C=O) groups is 2. The van der Waals surface area contributed by atoms with Crippen molar-refractivity contribution >= 4 is 23.2 Å². The minimum atomic E-state index is -0.866. The number of hydrogen-bond donors (Lipinski definition) is 1. The third-order valence-corrected chi connectivity index (χ3v) is 4.04. The summed E-state index contributed by atoms with van der Waals surface area (Å²) in [7, 11) is 0. The van der Waals surface area contributed by atoms with E-state index < -0.39 is 11.9 Å². The van der Waals surface area contributed by atoms with E-state index >= 15 is 0 Å². The average molecular weight is 270 g/mol. The second-order valence-electron chi connectivity index (χ2n) is 4.39. The highest BCUT2D eigenvalue weighted by Crippen LogP contribution is 2.16. The van der Waals surface area contributed by atoms with E-state index in [1.807, 2.05) is 0 Å². The summed E-state index contributed by atoms with van der Waals surface area (Å²) in [5, 5.41) is 10.6. The maximum absolute atomic E-state index is 12.0. The Morgan fingerprint density at radius 1 is 1.56 bits per heavy atom. The maximum Gasteiger partial charge on any atom is 0.308 e. The lowest BCUT2D eigenvalue weighted by Crippen LogP contribution is -2.34. The van der Waals surface area contributed by atoms with E-state index in [1.54, 1.807) is 12.3 Å². The molecular weight excluding hydrogens is 256 g/mol. The zero-order valence-electron chi connectivity index (χ0n) is 9.96. The van der Waals surface area contributed by atoms with Crippen molar-refractivity contribution < 1.29 is 14.7 Å². The number of carbonyl (C=O) groups excluding carboxylic acids is 1. The van der Waals surface area contributed by atoms with Crippen LogP contribution in [0.15, 0.2) is 10.2 Å². The zero-order chi connectivity index (χ0) is 13.3. The van der Waals surface area contributed by atoms with Gasteiger partial charge in [-0.2, -0.15) is 0 Å². The van der Waals surface area contributed by atoms with Crippen molar-refractivity contribution in [2.45, 2.75) is 19.9 Å². The average Bonchev–Trinajstić information content (AvgIpc) is 2.91. The molecule has 0 aromatic carbocycles. The quantitative estimate of drug-likeness (QED) is 0.848. The Morgan fingerprint density at radius 2 is 2.28 bits per heavy atom. The number of amides is 1. The number of aliphatic carboxylic acids is 1. The highest BCUT2D eigenvalue weighted by Gasteiger charge is 2.30. The summed E-state index contributed by atoms with van der Waals surface area (Å²) in [5.74, 6) is -1.54. The molecule has 1 N–H and O–H groups in total. The van der Waals surface area contributed by atoms with Crippen LogP contribution in [0.2, 0.25) is 0 Å². The number of nitrogens with zero attached hydrogens (tertiary/aromatic N) is 2. The van der Waals surface area contributed by atoms with Crippen LogP contribution in [-0.2, 0) is 16.1 Å². The standard InChI is InChI=1S/C11H14N2O4S/c1-7-6-18-11(17)13(7)5-9(14)12-3-2-8(4-12)10(15)16/h6,8H,2-5H2,1H3,(H,15,16). The third-order valence-electron chi connectivity index (χ3n) is 3.16. The molecule has 7 heteroatoms. The highest BCUT2D eigenvalue weighted by atomic mass is 32.1. The number of thiazole rings is 1. The topological polar surface area (TPSA) is 79.6 Å². The highest BCUT2D eigenvalue weighted by molar-refractivity contribution is 7.07. The fraction of sp³-hybridized carbons (Fsp3) is 0.545. The van der Waals surface area contributed by atoms with Crippen molar-refractivity contribution in [3.05, 3.63) is 20.7 Å². The van der Waals surface area contributed by atoms with Crippen LogP contribution in [0.1, 0.15) is 12.1 Å². The van der Waals surface area contributed by atoms with Gasteiger partial charge in [-0.1, -0.05) is 11.3 Å². The predicted molar refractivity (Wildman–Crippen MR) is 65.6 cm³/mol. The molecule has 0 bridgehead atoms. The number of aryl methyl sites for hydroxylation is 1. The lowest BCUT2D eigenvalue weighted by atomic mass is 10.1. The third kappa shape index (κ3) is 2.45. The molecule has 1 amide bonds. The number of carboxylic acids is 1. The maximum atomic E-state index is 12.0. The largest absolute Gasteiger partial charge is 0.481 e. The fourth-order valence-corrected chi connectivity index (χ4v) is 2.75. The van der Waals surface area contributed by atoms with E-state index in [1.165, 1.54) is 9.47 Å². The predicted octanol–water partition coefficient (Wildman–Crippen LogP) is 0.151. The molecule has 1 aliphatic heterocycles. The van der Waals surface area contributed by atoms with E-state index in [9.17, 15) is 14.4 Å². The summed E-state index contributed by atoms with van der Waals surface area (Å²) in [6.07, 6.45) is 0.485. The number of rotatable bonds is 3. The van der Waals surface area contributed by atoms with Crippen molar-refractivity contribution in [3.63, 3.8) is 0 Å². The molecule has 18 heavy (non-hydrogen) atoms. The van der Waals surface area contributed by atoms with Gasteiger partial charge in [-0.3, -0.25) is 19.0 Å². The monoisotopic (exact) mass is 270 g/mol. The molecule has 0 aliphatic carbocycles. The normalized spacial score (nSPS) is 19.2. The summed E-state index contributed by atoms with van der Waals surface area (Å²) in [6.45, 7) is 2.47. The summed E-state index contributed by atoms with van der Waals surface area (Å²) >= 11 is 1.06. The number of hydrogen-bond acceptors (Lipinski definition) is 4. The van der Waals surface area contributed by atoms with Crippen LogP contribution >= 0.6 is 11.3 Å². The van der Waals surface area contributed by atoms with Crippen molar-refractivity contribution in [1.29, 1.82) is 0 Å². The molecular formula is C11H14N2O4S. The van der Waals surface area contributed by atoms with Gasteiger partial charge in [0, 0.05) is 24.2 Å². The van der Waals surface area contributed by atoms with Gasteiger partial charge in [-0.05, 0) is 13.3 Å². The molecule has 0 saturated carbocycles. The Kier molecular flexibility index (Phi) is 3.51. The number of aromatic nitrogens is 1. The Labute approximate surface area is 107 Å². The Bertz CT molecular complexity index is 533. The van der Waals surface area contributed by atoms with Crippen molar-refractivity contribution in [1.82, 2.24) is 9.47 Å². The molecule has 1 aliphatic rings. The van der Waals surface area contributed by atoms with E-state index in [0.717, 1.165) is 17.0 Å². The second kappa shape index (κ2) is 4.93. The van der Waals surface area contributed by atoms with Gasteiger partial charge in [0.15, 0.2) is 0 Å². The first-order valence-electron chi connectivity index (χ1n) is 5.64. The van der Waals surface area contributed by atoms with Gasteiger partial charge < -0.3 is 10.0 Å². The zero-order valence-corrected chi connectivity index (χ0v) is 10.8. The molecule has 0 radical (unpaired) electrons. The van der Waals surface area contributed by atoms with Gasteiger partial charge in [0.25, 0.3) is 0 Å². The lowest BCUT2D eigenvalue weighted by molar-refractivity contribution is -0.141. The Hall–Kier alpha value is -1.63. The SMILES string of the molecule is Cc1csc(=O)n1CC(=O)N1CCC(C(=O)O)C1. The summed E-state index contributed by atoms with van der Waals surface area (Å²) in [6, 6.07) is 0. The van der Waals surface area contributed by atoms with Crippen LogP contribution in [0.4, 0.5) is 0 Å². The first-order chi connectivity index (χ1) is 8.49. The van der Waals surface area contributed by atoms with Gasteiger partial charge in [0.1, 0.15) is 6.54 Å². The molecule has 1 unspecified atom stereocenters. The first kappa shape index (κ1) is 12.8. The lowest BCUT2D eigenvalue weighted by Gasteiger charge is -2.16. The molecule has 6 nitrogen and oxygen atoms in total. The molecule has 98 valence electrons. The Balaban J connectivity index is 2.02. The van der Waals surface area contributed by atoms with E-state index in [4.69, 9.17) is 5.11 Å². The number of likely N-dealkylation sites (tertiary alicyclic amines) is 1. The number of carboxylic acid groups (broad SMARTS) is 1. The van der Waals surface area contributed by atoms with Crippen LogP contribution in [0.3, 0.4) is 0 Å². The smallest absolute Gasteiger partial charge is 0.308 e. The molecule has 1 atom stereocenters. The van der Waals surface area contributed by atoms with Gasteiger partial charge in [0.05, 0.1) is 5.92 Å². The fourth-order valence-electron chi connectivity index (χ4n) is 2.02. The minimum Gasteiger partial charge on any atom is -0.481 e. The molecule has 2 rings (SSSR count). The molecule has 1 aromatic rings. The minimum absolute atomic E-state index is 0.000502. The van der Waals surface area contributed by atoms with Crippen LogP contribution < -0.4 is 4.87 Å². The first-order valence-corrected chi connectivity index (χ1v) is 6.52. The van der Waals surface area contributed by atoms with Crippen molar-refractivity contribution in [2.24, 2.45) is 5.92 Å². The van der Waals surface area contributed by atoms with Crippen LogP contribution in [0, 0.1) is 12.8 Å². The molecule has 1 aromatic heterocycles. The molecule has 0 spiro atoms. The molecule has 1 fully saturated rings. The molecule has 1 saturated heterocycles. The van der Waals surface area contributed by atoms with Gasteiger partial charge in [-0.25, -0.2) is 0 Å².